The molecule has 5 heteroatoms. The first-order valence-corrected chi connectivity index (χ1v) is 6.39. The van der Waals surface area contributed by atoms with Gasteiger partial charge in [0.2, 0.25) is 0 Å². The molecule has 0 saturated carbocycles. The number of aromatic nitrogens is 1. The van der Waals surface area contributed by atoms with Gasteiger partial charge in [0, 0.05) is 16.8 Å². The van der Waals surface area contributed by atoms with Gasteiger partial charge in [0.25, 0.3) is 0 Å². The summed E-state index contributed by atoms with van der Waals surface area (Å²) >= 11 is 15.2. The Balaban J connectivity index is 2.10. The molecular weight excluding hydrogens is 325 g/mol. The fourth-order valence-electron chi connectivity index (χ4n) is 1.27. The molecule has 0 aliphatic carbocycles. The van der Waals surface area contributed by atoms with E-state index in [4.69, 9.17) is 27.9 Å². The summed E-state index contributed by atoms with van der Waals surface area (Å²) in [5.41, 5.74) is 0.844. The van der Waals surface area contributed by atoms with Crippen molar-refractivity contribution in [2.75, 3.05) is 0 Å². The maximum atomic E-state index is 5.93. The van der Waals surface area contributed by atoms with Crippen LogP contribution in [0.25, 0.3) is 0 Å². The van der Waals surface area contributed by atoms with Crippen LogP contribution in [-0.4, -0.2) is 4.98 Å². The molecule has 0 amide bonds. The van der Waals surface area contributed by atoms with Crippen LogP contribution in [0.2, 0.25) is 10.2 Å². The first-order valence-electron chi connectivity index (χ1n) is 4.84. The molecule has 1 heterocycles. The molecule has 2 nitrogen and oxygen atoms in total. The van der Waals surface area contributed by atoms with Crippen LogP contribution in [0, 0.1) is 0 Å². The average molecular weight is 333 g/mol. The van der Waals surface area contributed by atoms with Crippen molar-refractivity contribution in [3.8, 4) is 5.75 Å². The van der Waals surface area contributed by atoms with Gasteiger partial charge in [-0.25, -0.2) is 4.98 Å². The topological polar surface area (TPSA) is 22.1 Å². The second kappa shape index (κ2) is 5.71. The zero-order valence-corrected chi connectivity index (χ0v) is 11.8. The van der Waals surface area contributed by atoms with Crippen LogP contribution >= 0.6 is 39.1 Å². The highest BCUT2D eigenvalue weighted by atomic mass is 79.9. The number of hydrogen-bond donors (Lipinski definition) is 0. The van der Waals surface area contributed by atoms with Gasteiger partial charge in [-0.15, -0.1) is 0 Å². The molecule has 0 aliphatic heterocycles. The molecule has 0 bridgehead atoms. The van der Waals surface area contributed by atoms with Gasteiger partial charge in [0.05, 0.1) is 4.47 Å². The molecule has 88 valence electrons. The van der Waals surface area contributed by atoms with Gasteiger partial charge in [-0.05, 0) is 40.2 Å². The lowest BCUT2D eigenvalue weighted by Crippen LogP contribution is -1.97. The third-order valence-corrected chi connectivity index (χ3v) is 3.31. The normalized spacial score (nSPS) is 10.3. The van der Waals surface area contributed by atoms with Crippen LogP contribution in [-0.2, 0) is 6.61 Å². The highest BCUT2D eigenvalue weighted by molar-refractivity contribution is 9.10. The molecule has 0 radical (unpaired) electrons. The van der Waals surface area contributed by atoms with Crippen molar-refractivity contribution in [2.45, 2.75) is 6.61 Å². The molecule has 2 aromatic rings. The molecule has 1 aromatic heterocycles. The molecule has 0 spiro atoms. The Morgan fingerprint density at radius 2 is 2.06 bits per heavy atom. The number of ether oxygens (including phenoxy) is 1. The first kappa shape index (κ1) is 12.7. The van der Waals surface area contributed by atoms with Crippen LogP contribution in [0.4, 0.5) is 0 Å². The van der Waals surface area contributed by atoms with Crippen LogP contribution in [0.15, 0.2) is 41.0 Å². The Hall–Kier alpha value is -0.770. The molecule has 0 N–H and O–H groups in total. The Kier molecular flexibility index (Phi) is 4.26. The average Bonchev–Trinajstić information content (AvgIpc) is 2.30. The van der Waals surface area contributed by atoms with Gasteiger partial charge in [-0.2, -0.15) is 0 Å². The minimum Gasteiger partial charge on any atom is -0.488 e. The third kappa shape index (κ3) is 3.35. The second-order valence-corrected chi connectivity index (χ2v) is 4.97. The summed E-state index contributed by atoms with van der Waals surface area (Å²) in [5, 5.41) is 1.11. The Labute approximate surface area is 118 Å². The lowest BCUT2D eigenvalue weighted by Gasteiger charge is -2.09. The van der Waals surface area contributed by atoms with Crippen molar-refractivity contribution >= 4 is 39.1 Å². The monoisotopic (exact) mass is 331 g/mol. The maximum Gasteiger partial charge on any atom is 0.135 e. The van der Waals surface area contributed by atoms with Crippen LogP contribution in [0.1, 0.15) is 5.56 Å². The highest BCUT2D eigenvalue weighted by Crippen LogP contribution is 2.29. The molecule has 0 atom stereocenters. The SMILES string of the molecule is Clc1ccc(OCc2cccnc2Cl)c(Br)c1. The van der Waals surface area contributed by atoms with E-state index >= 15 is 0 Å². The number of hydrogen-bond acceptors (Lipinski definition) is 2. The van der Waals surface area contributed by atoms with Crippen LogP contribution in [0.3, 0.4) is 0 Å². The van der Waals surface area contributed by atoms with E-state index in [1.807, 2.05) is 12.1 Å². The Morgan fingerprint density at radius 1 is 1.24 bits per heavy atom. The van der Waals surface area contributed by atoms with Gasteiger partial charge in [-0.3, -0.25) is 0 Å². The lowest BCUT2D eigenvalue weighted by molar-refractivity contribution is 0.304. The molecular formula is C12H8BrCl2NO. The predicted molar refractivity (Wildman–Crippen MR) is 72.7 cm³/mol. The highest BCUT2D eigenvalue weighted by Gasteiger charge is 2.04. The van der Waals surface area contributed by atoms with Crippen LogP contribution < -0.4 is 4.74 Å². The van der Waals surface area contributed by atoms with Crippen molar-refractivity contribution in [3.63, 3.8) is 0 Å². The van der Waals surface area contributed by atoms with Gasteiger partial charge in [-0.1, -0.05) is 29.3 Å². The summed E-state index contributed by atoms with van der Waals surface area (Å²) in [4.78, 5) is 3.98. The summed E-state index contributed by atoms with van der Waals surface area (Å²) in [6.07, 6.45) is 1.64. The first-order chi connectivity index (χ1) is 8.16. The maximum absolute atomic E-state index is 5.93. The van der Waals surface area contributed by atoms with Gasteiger partial charge in [0.15, 0.2) is 0 Å². The summed E-state index contributed by atoms with van der Waals surface area (Å²) in [7, 11) is 0. The Morgan fingerprint density at radius 3 is 2.76 bits per heavy atom. The van der Waals surface area contributed by atoms with Crippen molar-refractivity contribution in [1.29, 1.82) is 0 Å². The molecule has 0 unspecified atom stereocenters. The summed E-state index contributed by atoms with van der Waals surface area (Å²) in [6.45, 7) is 0.368. The Bertz CT molecular complexity index is 534. The summed E-state index contributed by atoms with van der Waals surface area (Å²) in [6, 6.07) is 9.05. The fourth-order valence-corrected chi connectivity index (χ4v) is 2.25. The predicted octanol–water partition coefficient (Wildman–Crippen LogP) is 4.73. The van der Waals surface area contributed by atoms with Gasteiger partial charge < -0.3 is 4.74 Å². The number of benzene rings is 1. The van der Waals surface area contributed by atoms with E-state index < -0.39 is 0 Å². The molecule has 0 fully saturated rings. The van der Waals surface area contributed by atoms with Crippen molar-refractivity contribution in [3.05, 3.63) is 56.7 Å². The van der Waals surface area contributed by atoms with E-state index in [9.17, 15) is 0 Å². The summed E-state index contributed by atoms with van der Waals surface area (Å²) in [5.74, 6) is 0.717. The van der Waals surface area contributed by atoms with E-state index in [0.29, 0.717) is 22.5 Å². The van der Waals surface area contributed by atoms with Crippen molar-refractivity contribution < 1.29 is 4.74 Å². The van der Waals surface area contributed by atoms with E-state index in [-0.39, 0.29) is 0 Å². The zero-order chi connectivity index (χ0) is 12.3. The smallest absolute Gasteiger partial charge is 0.135 e. The van der Waals surface area contributed by atoms with E-state index in [0.717, 1.165) is 10.0 Å². The van der Waals surface area contributed by atoms with E-state index in [1.165, 1.54) is 0 Å². The van der Waals surface area contributed by atoms with E-state index in [1.54, 1.807) is 24.4 Å². The van der Waals surface area contributed by atoms with Crippen molar-refractivity contribution in [1.82, 2.24) is 4.98 Å². The van der Waals surface area contributed by atoms with Gasteiger partial charge >= 0.3 is 0 Å². The fraction of sp³-hybridized carbons (Fsp3) is 0.0833. The summed E-state index contributed by atoms with van der Waals surface area (Å²) < 4.78 is 6.44. The van der Waals surface area contributed by atoms with Gasteiger partial charge in [0.1, 0.15) is 17.5 Å². The molecule has 2 rings (SSSR count). The number of rotatable bonds is 3. The standard InChI is InChI=1S/C12H8BrCl2NO/c13-10-6-9(14)3-4-11(10)17-7-8-2-1-5-16-12(8)15/h1-6H,7H2. The second-order valence-electron chi connectivity index (χ2n) is 3.32. The number of nitrogens with zero attached hydrogens (tertiary/aromatic N) is 1. The molecule has 17 heavy (non-hydrogen) atoms. The minimum atomic E-state index is 0.368. The van der Waals surface area contributed by atoms with Crippen LogP contribution in [0.5, 0.6) is 5.75 Å². The number of halogens is 3. The molecule has 0 saturated heterocycles. The minimum absolute atomic E-state index is 0.368. The van der Waals surface area contributed by atoms with E-state index in [2.05, 4.69) is 20.9 Å². The molecule has 0 aliphatic rings. The lowest BCUT2D eigenvalue weighted by atomic mass is 10.3. The third-order valence-electron chi connectivity index (χ3n) is 2.11. The zero-order valence-electron chi connectivity index (χ0n) is 8.66. The quantitative estimate of drug-likeness (QED) is 0.758. The molecule has 1 aromatic carbocycles. The van der Waals surface area contributed by atoms with Crippen molar-refractivity contribution in [2.24, 2.45) is 0 Å². The number of pyridine rings is 1. The largest absolute Gasteiger partial charge is 0.488 e.